The molecule has 0 aromatic carbocycles. The average molecular weight is 265 g/mol. The molecule has 1 unspecified atom stereocenters. The quantitative estimate of drug-likeness (QED) is 0.443. The van der Waals surface area contributed by atoms with Crippen molar-refractivity contribution in [3.8, 4) is 0 Å². The minimum absolute atomic E-state index is 0.458. The molecule has 0 aromatic heterocycles. The molecule has 2 fully saturated rings. The topological polar surface area (TPSA) is 155 Å². The van der Waals surface area contributed by atoms with Gasteiger partial charge in [-0.1, -0.05) is 0 Å². The molecule has 17 heavy (non-hydrogen) atoms. The summed E-state index contributed by atoms with van der Waals surface area (Å²) in [5.41, 5.74) is 3.67. The van der Waals surface area contributed by atoms with Crippen LogP contribution >= 0.6 is 0 Å². The van der Waals surface area contributed by atoms with Gasteiger partial charge in [0, 0.05) is 5.92 Å². The van der Waals surface area contributed by atoms with Gasteiger partial charge >= 0.3 is 11.9 Å². The van der Waals surface area contributed by atoms with Crippen molar-refractivity contribution in [2.24, 2.45) is 23.5 Å². The van der Waals surface area contributed by atoms with Gasteiger partial charge in [-0.15, -0.1) is 0 Å². The van der Waals surface area contributed by atoms with Crippen molar-refractivity contribution in [1.82, 2.24) is 0 Å². The highest BCUT2D eigenvalue weighted by atomic mass is 32.2. The molecule has 2 rings (SSSR count). The molecule has 5 N–H and O–H groups in total. The molecular weight excluding hydrogens is 254 g/mol. The fraction of sp³-hybridized carbons (Fsp3) is 0.750. The summed E-state index contributed by atoms with van der Waals surface area (Å²) < 4.78 is 31.1. The standard InChI is InChI=1S/C8H11NO7S/c9-8(7(12)13)1-2(17(14,15)16)3-4(5(3)8)6(10)11/h2-5H,1,9H2,(H,10,11)(H,12,13)(H,14,15,16)/t2?,3-,4+,5+,8-/m0/s1. The summed E-state index contributed by atoms with van der Waals surface area (Å²) in [5.74, 6) is -5.70. The number of hydrogen-bond donors (Lipinski definition) is 4. The van der Waals surface area contributed by atoms with Crippen LogP contribution in [0.3, 0.4) is 0 Å². The van der Waals surface area contributed by atoms with Gasteiger partial charge in [0.2, 0.25) is 0 Å². The summed E-state index contributed by atoms with van der Waals surface area (Å²) in [6.07, 6.45) is -0.458. The first-order valence-corrected chi connectivity index (χ1v) is 6.32. The highest BCUT2D eigenvalue weighted by Gasteiger charge is 2.76. The second-order valence-electron chi connectivity index (χ2n) is 4.57. The van der Waals surface area contributed by atoms with Crippen LogP contribution in [0.2, 0.25) is 0 Å². The molecule has 0 heterocycles. The fourth-order valence-corrected chi connectivity index (χ4v) is 4.14. The maximum absolute atomic E-state index is 11.1. The van der Waals surface area contributed by atoms with Crippen LogP contribution in [0.1, 0.15) is 6.42 Å². The van der Waals surface area contributed by atoms with Crippen molar-refractivity contribution in [3.05, 3.63) is 0 Å². The Morgan fingerprint density at radius 2 is 1.82 bits per heavy atom. The van der Waals surface area contributed by atoms with Gasteiger partial charge in [0.25, 0.3) is 10.1 Å². The first kappa shape index (κ1) is 12.3. The molecule has 5 atom stereocenters. The second-order valence-corrected chi connectivity index (χ2v) is 6.21. The van der Waals surface area contributed by atoms with Crippen LogP contribution in [-0.4, -0.2) is 45.9 Å². The molecule has 0 radical (unpaired) electrons. The number of fused-ring (bicyclic) bond motifs is 1. The molecule has 0 amide bonds. The summed E-state index contributed by atoms with van der Waals surface area (Å²) >= 11 is 0. The molecule has 2 aliphatic carbocycles. The van der Waals surface area contributed by atoms with E-state index in [-0.39, 0.29) is 0 Å². The number of rotatable bonds is 3. The minimum Gasteiger partial charge on any atom is -0.481 e. The second kappa shape index (κ2) is 3.18. The van der Waals surface area contributed by atoms with E-state index in [0.717, 1.165) is 0 Å². The lowest BCUT2D eigenvalue weighted by Gasteiger charge is -2.23. The van der Waals surface area contributed by atoms with Crippen LogP contribution in [0.4, 0.5) is 0 Å². The van der Waals surface area contributed by atoms with E-state index >= 15 is 0 Å². The summed E-state index contributed by atoms with van der Waals surface area (Å²) in [7, 11) is -4.49. The number of carboxylic acids is 2. The monoisotopic (exact) mass is 265 g/mol. The third-order valence-electron chi connectivity index (χ3n) is 3.70. The number of aliphatic carboxylic acids is 2. The maximum Gasteiger partial charge on any atom is 0.324 e. The summed E-state index contributed by atoms with van der Waals surface area (Å²) in [5, 5.41) is 16.4. The van der Waals surface area contributed by atoms with E-state index in [2.05, 4.69) is 0 Å². The van der Waals surface area contributed by atoms with Gasteiger partial charge in [0.05, 0.1) is 11.2 Å². The Bertz CT molecular complexity index is 500. The third-order valence-corrected chi connectivity index (χ3v) is 4.95. The summed E-state index contributed by atoms with van der Waals surface area (Å²) in [6, 6.07) is 0. The first-order valence-electron chi connectivity index (χ1n) is 4.82. The fourth-order valence-electron chi connectivity index (χ4n) is 2.92. The van der Waals surface area contributed by atoms with E-state index in [4.69, 9.17) is 20.5 Å². The van der Waals surface area contributed by atoms with Gasteiger partial charge in [-0.2, -0.15) is 8.42 Å². The lowest BCUT2D eigenvalue weighted by atomic mass is 9.91. The lowest BCUT2D eigenvalue weighted by Crippen LogP contribution is -2.51. The van der Waals surface area contributed by atoms with Gasteiger partial charge < -0.3 is 15.9 Å². The molecule has 2 saturated carbocycles. The maximum atomic E-state index is 11.1. The van der Waals surface area contributed by atoms with Gasteiger partial charge in [-0.3, -0.25) is 14.1 Å². The normalized spacial score (nSPS) is 44.1. The Hall–Kier alpha value is -1.19. The van der Waals surface area contributed by atoms with Crippen molar-refractivity contribution in [2.45, 2.75) is 17.2 Å². The van der Waals surface area contributed by atoms with Gasteiger partial charge in [0.15, 0.2) is 0 Å². The van der Waals surface area contributed by atoms with E-state index < -0.39 is 57.0 Å². The zero-order chi connectivity index (χ0) is 13.2. The molecule has 96 valence electrons. The number of carboxylic acid groups (broad SMARTS) is 2. The van der Waals surface area contributed by atoms with Crippen LogP contribution in [0, 0.1) is 17.8 Å². The molecule has 8 nitrogen and oxygen atoms in total. The molecular formula is C8H11NO7S. The van der Waals surface area contributed by atoms with Crippen LogP contribution < -0.4 is 5.73 Å². The first-order chi connectivity index (χ1) is 7.60. The van der Waals surface area contributed by atoms with Crippen LogP contribution in [-0.2, 0) is 19.7 Å². The Morgan fingerprint density at radius 3 is 2.18 bits per heavy atom. The number of hydrogen-bond acceptors (Lipinski definition) is 5. The van der Waals surface area contributed by atoms with Gasteiger partial charge in [-0.05, 0) is 12.3 Å². The van der Waals surface area contributed by atoms with Crippen molar-refractivity contribution in [2.75, 3.05) is 0 Å². The molecule has 2 aliphatic rings. The largest absolute Gasteiger partial charge is 0.481 e. The van der Waals surface area contributed by atoms with E-state index in [1.807, 2.05) is 0 Å². The van der Waals surface area contributed by atoms with Crippen LogP contribution in [0.25, 0.3) is 0 Å². The minimum atomic E-state index is -4.49. The van der Waals surface area contributed by atoms with E-state index in [1.54, 1.807) is 0 Å². The summed E-state index contributed by atoms with van der Waals surface area (Å²) in [4.78, 5) is 21.8. The predicted octanol–water partition coefficient (Wildman–Crippen LogP) is -1.62. The van der Waals surface area contributed by atoms with Crippen molar-refractivity contribution in [1.29, 1.82) is 0 Å². The molecule has 0 aliphatic heterocycles. The SMILES string of the molecule is N[C@@]1(C(=O)O)CC(S(=O)(=O)O)[C@H]2[C@@H](C(=O)O)[C@@H]21. The van der Waals surface area contributed by atoms with Crippen LogP contribution in [0.15, 0.2) is 0 Å². The summed E-state index contributed by atoms with van der Waals surface area (Å²) in [6.45, 7) is 0. The van der Waals surface area contributed by atoms with E-state index in [9.17, 15) is 18.0 Å². The highest BCUT2D eigenvalue weighted by Crippen LogP contribution is 2.63. The Morgan fingerprint density at radius 1 is 1.29 bits per heavy atom. The lowest BCUT2D eigenvalue weighted by molar-refractivity contribution is -0.145. The molecule has 0 spiro atoms. The molecule has 0 bridgehead atoms. The molecule has 9 heteroatoms. The Balaban J connectivity index is 2.40. The highest BCUT2D eigenvalue weighted by molar-refractivity contribution is 7.86. The smallest absolute Gasteiger partial charge is 0.324 e. The zero-order valence-corrected chi connectivity index (χ0v) is 9.29. The third kappa shape index (κ3) is 1.53. The predicted molar refractivity (Wildman–Crippen MR) is 52.6 cm³/mol. The number of carbonyl (C=O) groups is 2. The van der Waals surface area contributed by atoms with Gasteiger partial charge in [0.1, 0.15) is 5.54 Å². The van der Waals surface area contributed by atoms with E-state index in [1.165, 1.54) is 0 Å². The average Bonchev–Trinajstić information content (AvgIpc) is 2.79. The molecule has 0 aromatic rings. The van der Waals surface area contributed by atoms with E-state index in [0.29, 0.717) is 0 Å². The zero-order valence-electron chi connectivity index (χ0n) is 8.48. The van der Waals surface area contributed by atoms with Crippen molar-refractivity contribution >= 4 is 22.1 Å². The van der Waals surface area contributed by atoms with Crippen LogP contribution in [0.5, 0.6) is 0 Å². The Kier molecular flexibility index (Phi) is 2.29. The van der Waals surface area contributed by atoms with Crippen molar-refractivity contribution in [3.63, 3.8) is 0 Å². The Labute approximate surface area is 96.2 Å². The van der Waals surface area contributed by atoms with Gasteiger partial charge in [-0.25, -0.2) is 0 Å². The molecule has 0 saturated heterocycles. The number of nitrogens with two attached hydrogens (primary N) is 1. The van der Waals surface area contributed by atoms with Crippen molar-refractivity contribution < 1.29 is 32.8 Å².